The van der Waals surface area contributed by atoms with Crippen LogP contribution in [-0.4, -0.2) is 32.9 Å². The fourth-order valence-electron chi connectivity index (χ4n) is 3.34. The van der Waals surface area contributed by atoms with Gasteiger partial charge in [0.1, 0.15) is 11.8 Å². The molecule has 0 heterocycles. The van der Waals surface area contributed by atoms with E-state index in [0.717, 1.165) is 30.8 Å². The monoisotopic (exact) mass is 386 g/mol. The lowest BCUT2D eigenvalue weighted by molar-refractivity contribution is -0.890. The molecule has 2 rings (SSSR count). The highest BCUT2D eigenvalue weighted by Crippen LogP contribution is 2.24. The maximum absolute atomic E-state index is 5.60. The molecule has 0 aromatic heterocycles. The first-order chi connectivity index (χ1) is 13.0. The summed E-state index contributed by atoms with van der Waals surface area (Å²) >= 11 is 5.60. The zero-order valence-electron chi connectivity index (χ0n) is 17.1. The molecular formula is C22H32N3OS+. The predicted octanol–water partition coefficient (Wildman–Crippen LogP) is 2.99. The van der Waals surface area contributed by atoms with E-state index in [4.69, 9.17) is 17.0 Å². The molecule has 0 aliphatic carbocycles. The van der Waals surface area contributed by atoms with Crippen molar-refractivity contribution >= 4 is 23.0 Å². The molecule has 0 saturated carbocycles. The highest BCUT2D eigenvalue weighted by molar-refractivity contribution is 7.80. The molecule has 146 valence electrons. The summed E-state index contributed by atoms with van der Waals surface area (Å²) in [5.74, 6) is 0.911. The molecular weight excluding hydrogens is 354 g/mol. The van der Waals surface area contributed by atoms with Gasteiger partial charge in [-0.25, -0.2) is 0 Å². The van der Waals surface area contributed by atoms with E-state index in [-0.39, 0.29) is 6.04 Å². The number of hydrogen-bond acceptors (Lipinski definition) is 2. The van der Waals surface area contributed by atoms with Crippen LogP contribution in [0.1, 0.15) is 36.6 Å². The van der Waals surface area contributed by atoms with Gasteiger partial charge >= 0.3 is 0 Å². The minimum absolute atomic E-state index is 0.230. The predicted molar refractivity (Wildman–Crippen MR) is 118 cm³/mol. The molecule has 27 heavy (non-hydrogen) atoms. The fraction of sp³-hybridized carbons (Fsp3) is 0.409. The zero-order chi connectivity index (χ0) is 19.8. The number of ether oxygens (including phenoxy) is 1. The van der Waals surface area contributed by atoms with Crippen LogP contribution in [0.4, 0.5) is 5.69 Å². The third-order valence-electron chi connectivity index (χ3n) is 4.92. The van der Waals surface area contributed by atoms with Gasteiger partial charge in [0.25, 0.3) is 0 Å². The lowest BCUT2D eigenvalue weighted by Gasteiger charge is -2.25. The number of anilines is 1. The summed E-state index contributed by atoms with van der Waals surface area (Å²) in [4.78, 5) is 1.32. The lowest BCUT2D eigenvalue weighted by atomic mass is 10.0. The minimum atomic E-state index is 0.230. The molecule has 0 unspecified atom stereocenters. The quantitative estimate of drug-likeness (QED) is 0.610. The van der Waals surface area contributed by atoms with Gasteiger partial charge in [-0.3, -0.25) is 0 Å². The van der Waals surface area contributed by atoms with E-state index < -0.39 is 0 Å². The number of hydrogen-bond donors (Lipinski definition) is 3. The molecule has 2 aromatic carbocycles. The number of rotatable bonds is 8. The fourth-order valence-corrected chi connectivity index (χ4v) is 3.52. The normalized spacial score (nSPS) is 11.9. The molecule has 4 nitrogen and oxygen atoms in total. The van der Waals surface area contributed by atoms with Crippen molar-refractivity contribution in [3.63, 3.8) is 0 Å². The van der Waals surface area contributed by atoms with Crippen molar-refractivity contribution in [2.75, 3.05) is 33.1 Å². The summed E-state index contributed by atoms with van der Waals surface area (Å²) in [5, 5.41) is 7.50. The van der Waals surface area contributed by atoms with Gasteiger partial charge in [-0.1, -0.05) is 44.2 Å². The Morgan fingerprint density at radius 3 is 2.22 bits per heavy atom. The first-order valence-electron chi connectivity index (χ1n) is 9.60. The van der Waals surface area contributed by atoms with Gasteiger partial charge in [-0.15, -0.1) is 0 Å². The Kier molecular flexibility index (Phi) is 8.07. The van der Waals surface area contributed by atoms with Gasteiger partial charge in [-0.2, -0.15) is 0 Å². The highest BCUT2D eigenvalue weighted by Gasteiger charge is 2.22. The molecule has 2 aromatic rings. The van der Waals surface area contributed by atoms with Gasteiger partial charge in [0.2, 0.25) is 0 Å². The number of thiocarbonyl (C=S) groups is 1. The Bertz CT molecular complexity index is 739. The maximum atomic E-state index is 5.60. The molecule has 1 atom stereocenters. The van der Waals surface area contributed by atoms with E-state index in [1.54, 1.807) is 7.11 Å². The van der Waals surface area contributed by atoms with Gasteiger partial charge in [0.05, 0.1) is 33.3 Å². The molecule has 0 aliphatic rings. The summed E-state index contributed by atoms with van der Waals surface area (Å²) in [6.45, 7) is 5.07. The second kappa shape index (κ2) is 10.3. The zero-order valence-corrected chi connectivity index (χ0v) is 17.9. The number of nitrogens with one attached hydrogen (secondary N) is 3. The number of benzene rings is 2. The van der Waals surface area contributed by atoms with Crippen molar-refractivity contribution in [1.82, 2.24) is 5.32 Å². The summed E-state index contributed by atoms with van der Waals surface area (Å²) < 4.78 is 5.55. The van der Waals surface area contributed by atoms with Crippen molar-refractivity contribution in [2.45, 2.75) is 32.7 Å². The largest absolute Gasteiger partial charge is 0.496 e. The molecule has 3 N–H and O–H groups in total. The van der Waals surface area contributed by atoms with Crippen LogP contribution < -0.4 is 20.3 Å². The molecule has 0 radical (unpaired) electrons. The standard InChI is InChI=1S/C22H31N3OS/c1-6-16-11-10-12-17(7-2)21(16)24-22(27)23-15-19(25(3)4)18-13-8-9-14-20(18)26-5/h8-14,19H,6-7,15H2,1-5H3,(H2,23,24,27)/p+1/t19-/m0/s1. The van der Waals surface area contributed by atoms with Crippen LogP contribution >= 0.6 is 12.2 Å². The number of likely N-dealkylation sites (N-methyl/N-ethyl adjacent to an activating group) is 1. The van der Waals surface area contributed by atoms with Crippen LogP contribution in [0.15, 0.2) is 42.5 Å². The Morgan fingerprint density at radius 1 is 1.04 bits per heavy atom. The topological polar surface area (TPSA) is 37.7 Å². The molecule has 0 bridgehead atoms. The van der Waals surface area contributed by atoms with Crippen molar-refractivity contribution in [3.05, 3.63) is 59.2 Å². The van der Waals surface area contributed by atoms with E-state index in [1.165, 1.54) is 21.6 Å². The van der Waals surface area contributed by atoms with E-state index in [1.807, 2.05) is 12.1 Å². The van der Waals surface area contributed by atoms with Crippen LogP contribution in [-0.2, 0) is 12.8 Å². The van der Waals surface area contributed by atoms with Crippen LogP contribution in [0.5, 0.6) is 5.75 Å². The Balaban J connectivity index is 2.12. The Labute approximate surface area is 168 Å². The summed E-state index contributed by atoms with van der Waals surface area (Å²) in [6, 6.07) is 14.8. The van der Waals surface area contributed by atoms with Crippen molar-refractivity contribution < 1.29 is 9.64 Å². The van der Waals surface area contributed by atoms with E-state index in [0.29, 0.717) is 5.11 Å². The molecule has 0 amide bonds. The van der Waals surface area contributed by atoms with Crippen LogP contribution in [0.3, 0.4) is 0 Å². The average Bonchev–Trinajstić information content (AvgIpc) is 2.68. The second-order valence-electron chi connectivity index (χ2n) is 6.87. The smallest absolute Gasteiger partial charge is 0.171 e. The first kappa shape index (κ1) is 21.2. The molecule has 0 aliphatic heterocycles. The highest BCUT2D eigenvalue weighted by atomic mass is 32.1. The molecule has 0 fully saturated rings. The van der Waals surface area contributed by atoms with E-state index in [2.05, 4.69) is 68.9 Å². The second-order valence-corrected chi connectivity index (χ2v) is 7.27. The van der Waals surface area contributed by atoms with Crippen molar-refractivity contribution in [3.8, 4) is 5.75 Å². The summed E-state index contributed by atoms with van der Waals surface area (Å²) in [6.07, 6.45) is 1.95. The van der Waals surface area contributed by atoms with Crippen LogP contribution in [0.25, 0.3) is 0 Å². The SMILES string of the molecule is CCc1cccc(CC)c1NC(=S)NC[C@@H](c1ccccc1OC)[NH+](C)C. The third-order valence-corrected chi connectivity index (χ3v) is 5.16. The lowest BCUT2D eigenvalue weighted by Crippen LogP contribution is -3.07. The third kappa shape index (κ3) is 5.44. The number of aryl methyl sites for hydroxylation is 2. The minimum Gasteiger partial charge on any atom is -0.496 e. The number of methoxy groups -OCH3 is 1. The summed E-state index contributed by atoms with van der Waals surface area (Å²) in [5.41, 5.74) is 4.90. The average molecular weight is 387 g/mol. The first-order valence-corrected chi connectivity index (χ1v) is 10.0. The van der Waals surface area contributed by atoms with Gasteiger partial charge in [-0.05, 0) is 48.3 Å². The molecule has 0 spiro atoms. The maximum Gasteiger partial charge on any atom is 0.171 e. The van der Waals surface area contributed by atoms with Gasteiger partial charge in [0, 0.05) is 5.69 Å². The van der Waals surface area contributed by atoms with Crippen LogP contribution in [0.2, 0.25) is 0 Å². The number of para-hydroxylation sites is 2. The van der Waals surface area contributed by atoms with E-state index >= 15 is 0 Å². The van der Waals surface area contributed by atoms with E-state index in [9.17, 15) is 0 Å². The number of quaternary nitrogens is 1. The summed E-state index contributed by atoms with van der Waals surface area (Å²) in [7, 11) is 6.02. The molecule has 5 heteroatoms. The molecule has 0 saturated heterocycles. The van der Waals surface area contributed by atoms with Crippen molar-refractivity contribution in [2.24, 2.45) is 0 Å². The van der Waals surface area contributed by atoms with Gasteiger partial charge < -0.3 is 20.3 Å². The van der Waals surface area contributed by atoms with Crippen LogP contribution in [0, 0.1) is 0 Å². The van der Waals surface area contributed by atoms with Gasteiger partial charge in [0.15, 0.2) is 5.11 Å². The Hall–Kier alpha value is -2.11. The Morgan fingerprint density at radius 2 is 1.67 bits per heavy atom. The van der Waals surface area contributed by atoms with Crippen molar-refractivity contribution in [1.29, 1.82) is 0 Å².